The molecule has 104 valence electrons. The zero-order valence-electron chi connectivity index (χ0n) is 11.6. The predicted molar refractivity (Wildman–Crippen MR) is 74.8 cm³/mol. The lowest BCUT2D eigenvalue weighted by molar-refractivity contribution is -0.133. The van der Waals surface area contributed by atoms with Gasteiger partial charge in [0.05, 0.1) is 6.04 Å². The Hall–Kier alpha value is -1.55. The van der Waals surface area contributed by atoms with Crippen LogP contribution in [0.25, 0.3) is 0 Å². The van der Waals surface area contributed by atoms with E-state index < -0.39 is 0 Å². The van der Waals surface area contributed by atoms with Crippen molar-refractivity contribution in [2.24, 2.45) is 5.92 Å². The molecule has 1 aliphatic heterocycles. The van der Waals surface area contributed by atoms with E-state index in [0.29, 0.717) is 12.5 Å². The molecule has 0 aliphatic carbocycles. The van der Waals surface area contributed by atoms with E-state index in [4.69, 9.17) is 0 Å². The summed E-state index contributed by atoms with van der Waals surface area (Å²) in [6, 6.07) is 6.98. The summed E-state index contributed by atoms with van der Waals surface area (Å²) in [6.07, 6.45) is 2.04. The zero-order valence-corrected chi connectivity index (χ0v) is 11.6. The van der Waals surface area contributed by atoms with Crippen LogP contribution in [0, 0.1) is 5.92 Å². The molecule has 4 nitrogen and oxygen atoms in total. The van der Waals surface area contributed by atoms with Gasteiger partial charge in [0.1, 0.15) is 5.75 Å². The maximum atomic E-state index is 12.3. The average Bonchev–Trinajstić information content (AvgIpc) is 2.38. The largest absolute Gasteiger partial charge is 0.508 e. The zero-order chi connectivity index (χ0) is 13.8. The third-order valence-electron chi connectivity index (χ3n) is 3.67. The standard InChI is InChI=1S/C15H22N2O2/c1-11-6-7-16-14(8-11)15(19)17(2)10-12-4-3-5-13(18)9-12/h3-5,9,11,14,16,18H,6-8,10H2,1-2H3. The molecule has 0 saturated carbocycles. The number of phenols is 1. The average molecular weight is 262 g/mol. The predicted octanol–water partition coefficient (Wildman–Crippen LogP) is 1.74. The van der Waals surface area contributed by atoms with Crippen molar-refractivity contribution in [1.29, 1.82) is 0 Å². The fourth-order valence-electron chi connectivity index (χ4n) is 2.57. The van der Waals surface area contributed by atoms with Crippen LogP contribution in [0.4, 0.5) is 0 Å². The summed E-state index contributed by atoms with van der Waals surface area (Å²) >= 11 is 0. The Morgan fingerprint density at radius 2 is 2.32 bits per heavy atom. The minimum absolute atomic E-state index is 0.0638. The Bertz CT molecular complexity index is 448. The van der Waals surface area contributed by atoms with E-state index >= 15 is 0 Å². The number of hydrogen-bond acceptors (Lipinski definition) is 3. The number of carbonyl (C=O) groups excluding carboxylic acids is 1. The maximum Gasteiger partial charge on any atom is 0.239 e. The second kappa shape index (κ2) is 6.06. The van der Waals surface area contributed by atoms with Gasteiger partial charge in [0, 0.05) is 13.6 Å². The van der Waals surface area contributed by atoms with Crippen LogP contribution in [0.5, 0.6) is 5.75 Å². The van der Waals surface area contributed by atoms with E-state index in [-0.39, 0.29) is 17.7 Å². The monoisotopic (exact) mass is 262 g/mol. The van der Waals surface area contributed by atoms with Crippen LogP contribution in [0.15, 0.2) is 24.3 Å². The van der Waals surface area contributed by atoms with Crippen molar-refractivity contribution in [2.45, 2.75) is 32.4 Å². The number of nitrogens with one attached hydrogen (secondary N) is 1. The van der Waals surface area contributed by atoms with Gasteiger partial charge < -0.3 is 15.3 Å². The number of carbonyl (C=O) groups is 1. The van der Waals surface area contributed by atoms with Gasteiger partial charge in [-0.15, -0.1) is 0 Å². The second-order valence-electron chi connectivity index (χ2n) is 5.50. The molecule has 1 saturated heterocycles. The van der Waals surface area contributed by atoms with Gasteiger partial charge in [0.15, 0.2) is 0 Å². The third-order valence-corrected chi connectivity index (χ3v) is 3.67. The highest BCUT2D eigenvalue weighted by Gasteiger charge is 2.26. The van der Waals surface area contributed by atoms with Gasteiger partial charge in [0.25, 0.3) is 0 Å². The first kappa shape index (κ1) is 13.9. The molecule has 1 heterocycles. The Kier molecular flexibility index (Phi) is 4.43. The highest BCUT2D eigenvalue weighted by molar-refractivity contribution is 5.81. The van der Waals surface area contributed by atoms with Crippen molar-refractivity contribution in [3.63, 3.8) is 0 Å². The van der Waals surface area contributed by atoms with Crippen molar-refractivity contribution in [1.82, 2.24) is 10.2 Å². The Balaban J connectivity index is 1.95. The van der Waals surface area contributed by atoms with E-state index in [9.17, 15) is 9.90 Å². The van der Waals surface area contributed by atoms with Crippen LogP contribution in [-0.4, -0.2) is 35.5 Å². The van der Waals surface area contributed by atoms with Crippen LogP contribution in [0.3, 0.4) is 0 Å². The maximum absolute atomic E-state index is 12.3. The smallest absolute Gasteiger partial charge is 0.239 e. The number of amides is 1. The first-order valence-electron chi connectivity index (χ1n) is 6.82. The van der Waals surface area contributed by atoms with Crippen molar-refractivity contribution in [2.75, 3.05) is 13.6 Å². The lowest BCUT2D eigenvalue weighted by Gasteiger charge is -2.30. The fraction of sp³-hybridized carbons (Fsp3) is 0.533. The highest BCUT2D eigenvalue weighted by Crippen LogP contribution is 2.18. The number of phenolic OH excluding ortho intramolecular Hbond substituents is 1. The molecule has 2 unspecified atom stereocenters. The molecule has 1 aliphatic rings. The Morgan fingerprint density at radius 3 is 3.00 bits per heavy atom. The molecule has 0 bridgehead atoms. The molecule has 1 aromatic rings. The molecule has 2 N–H and O–H groups in total. The van der Waals surface area contributed by atoms with Gasteiger partial charge in [-0.05, 0) is 43.0 Å². The molecule has 0 radical (unpaired) electrons. The number of nitrogens with zero attached hydrogens (tertiary/aromatic N) is 1. The normalized spacial score (nSPS) is 23.1. The van der Waals surface area contributed by atoms with Crippen LogP contribution >= 0.6 is 0 Å². The number of aromatic hydroxyl groups is 1. The van der Waals surface area contributed by atoms with Crippen molar-refractivity contribution in [3.8, 4) is 5.75 Å². The first-order chi connectivity index (χ1) is 9.06. The number of likely N-dealkylation sites (N-methyl/N-ethyl adjacent to an activating group) is 1. The van der Waals surface area contributed by atoms with Gasteiger partial charge in [-0.1, -0.05) is 19.1 Å². The fourth-order valence-corrected chi connectivity index (χ4v) is 2.57. The summed E-state index contributed by atoms with van der Waals surface area (Å²) in [5.41, 5.74) is 0.944. The molecule has 19 heavy (non-hydrogen) atoms. The van der Waals surface area contributed by atoms with E-state index in [1.807, 2.05) is 13.1 Å². The highest BCUT2D eigenvalue weighted by atomic mass is 16.3. The molecule has 0 spiro atoms. The molecule has 4 heteroatoms. The van der Waals surface area contributed by atoms with Gasteiger partial charge in [0.2, 0.25) is 5.91 Å². The van der Waals surface area contributed by atoms with Gasteiger partial charge in [-0.25, -0.2) is 0 Å². The number of rotatable bonds is 3. The molecular formula is C15H22N2O2. The quantitative estimate of drug-likeness (QED) is 0.872. The molecule has 1 aromatic carbocycles. The van der Waals surface area contributed by atoms with Gasteiger partial charge in [-0.3, -0.25) is 4.79 Å². The topological polar surface area (TPSA) is 52.6 Å². The third kappa shape index (κ3) is 3.70. The van der Waals surface area contributed by atoms with Gasteiger partial charge >= 0.3 is 0 Å². The van der Waals surface area contributed by atoms with Crippen LogP contribution in [0.1, 0.15) is 25.3 Å². The van der Waals surface area contributed by atoms with Crippen LogP contribution in [-0.2, 0) is 11.3 Å². The summed E-state index contributed by atoms with van der Waals surface area (Å²) in [6.45, 7) is 3.63. The molecule has 1 fully saturated rings. The minimum atomic E-state index is -0.0638. The van der Waals surface area contributed by atoms with Gasteiger partial charge in [-0.2, -0.15) is 0 Å². The molecule has 1 amide bonds. The summed E-state index contributed by atoms with van der Waals surface area (Å²) in [4.78, 5) is 14.1. The second-order valence-corrected chi connectivity index (χ2v) is 5.50. The van der Waals surface area contributed by atoms with Crippen LogP contribution < -0.4 is 5.32 Å². The Morgan fingerprint density at radius 1 is 1.53 bits per heavy atom. The van der Waals surface area contributed by atoms with Crippen molar-refractivity contribution < 1.29 is 9.90 Å². The molecular weight excluding hydrogens is 240 g/mol. The number of hydrogen-bond donors (Lipinski definition) is 2. The van der Waals surface area contributed by atoms with E-state index in [0.717, 1.165) is 24.9 Å². The van der Waals surface area contributed by atoms with E-state index in [1.54, 1.807) is 23.1 Å². The summed E-state index contributed by atoms with van der Waals surface area (Å²) < 4.78 is 0. The Labute approximate surface area is 114 Å². The lowest BCUT2D eigenvalue weighted by atomic mass is 9.93. The van der Waals surface area contributed by atoms with Crippen molar-refractivity contribution >= 4 is 5.91 Å². The van der Waals surface area contributed by atoms with E-state index in [2.05, 4.69) is 12.2 Å². The molecule has 2 rings (SSSR count). The SMILES string of the molecule is CC1CCNC(C(=O)N(C)Cc2cccc(O)c2)C1. The summed E-state index contributed by atoms with van der Waals surface area (Å²) in [5, 5.41) is 12.7. The van der Waals surface area contributed by atoms with E-state index in [1.165, 1.54) is 0 Å². The minimum Gasteiger partial charge on any atom is -0.508 e. The summed E-state index contributed by atoms with van der Waals surface area (Å²) in [5.74, 6) is 0.974. The number of benzene rings is 1. The number of piperidine rings is 1. The van der Waals surface area contributed by atoms with Crippen LogP contribution in [0.2, 0.25) is 0 Å². The van der Waals surface area contributed by atoms with Crippen molar-refractivity contribution in [3.05, 3.63) is 29.8 Å². The molecule has 0 aromatic heterocycles. The first-order valence-corrected chi connectivity index (χ1v) is 6.82. The molecule has 2 atom stereocenters. The summed E-state index contributed by atoms with van der Waals surface area (Å²) in [7, 11) is 1.81. The lowest BCUT2D eigenvalue weighted by Crippen LogP contribution is -2.48.